The van der Waals surface area contributed by atoms with Crippen molar-refractivity contribution in [2.75, 3.05) is 0 Å². The average molecular weight is 971 g/mol. The van der Waals surface area contributed by atoms with E-state index in [1.807, 2.05) is 44.6 Å². The number of aromatic nitrogens is 8. The molecule has 68 heavy (non-hydrogen) atoms. The molecule has 2 aromatic carbocycles. The zero-order chi connectivity index (χ0) is 48.8. The number of carbonyl (C=O) groups is 2. The number of rotatable bonds is 13. The van der Waals surface area contributed by atoms with Crippen LogP contribution in [-0.2, 0) is 42.5 Å². The van der Waals surface area contributed by atoms with Crippen molar-refractivity contribution in [2.45, 2.75) is 108 Å². The van der Waals surface area contributed by atoms with E-state index < -0.39 is 43.6 Å². The molecular weight excluding hydrogens is 923 g/mol. The van der Waals surface area contributed by atoms with E-state index in [0.717, 1.165) is 31.9 Å². The third-order valence-corrected chi connectivity index (χ3v) is 12.3. The summed E-state index contributed by atoms with van der Waals surface area (Å²) < 4.78 is 77.2. The molecule has 0 spiro atoms. The van der Waals surface area contributed by atoms with Crippen LogP contribution in [0.5, 0.6) is 0 Å². The minimum absolute atomic E-state index is 0. The molecule has 0 unspecified atom stereocenters. The number of carbonyl (C=O) groups excluding carboxylic acids is 1. The number of sulfonamides is 2. The van der Waals surface area contributed by atoms with E-state index in [4.69, 9.17) is 20.8 Å². The van der Waals surface area contributed by atoms with Gasteiger partial charge in [0, 0.05) is 12.4 Å². The fourth-order valence-electron chi connectivity index (χ4n) is 6.86. The van der Waals surface area contributed by atoms with Gasteiger partial charge in [0.2, 0.25) is 16.0 Å². The lowest BCUT2D eigenvalue weighted by Gasteiger charge is -2.18. The molecule has 356 valence electrons. The fraction of sp³-hybridized carbons (Fsp3) is 0.333. The number of primary sulfonamides is 1. The maximum Gasteiger partial charge on any atom is 0.307 e. The second kappa shape index (κ2) is 21.5. The predicted molar refractivity (Wildman–Crippen MR) is 242 cm³/mol. The Morgan fingerprint density at radius 1 is 0.750 bits per heavy atom. The van der Waals surface area contributed by atoms with Crippen LogP contribution in [-0.4, -0.2) is 73.8 Å². The maximum atomic E-state index is 14.4. The number of benzene rings is 2. The lowest BCUT2D eigenvalue weighted by molar-refractivity contribution is -0.136. The Kier molecular flexibility index (Phi) is 16.3. The van der Waals surface area contributed by atoms with Gasteiger partial charge in [-0.2, -0.15) is 38.7 Å². The molecule has 6 aromatic rings. The van der Waals surface area contributed by atoms with E-state index in [1.54, 1.807) is 12.1 Å². The summed E-state index contributed by atoms with van der Waals surface area (Å²) in [5, 5.41) is 47.1. The zero-order valence-electron chi connectivity index (χ0n) is 36.5. The van der Waals surface area contributed by atoms with Gasteiger partial charge >= 0.3 is 5.97 Å². The largest absolute Gasteiger partial charge is 0.481 e. The summed E-state index contributed by atoms with van der Waals surface area (Å²) >= 11 is 0. The smallest absolute Gasteiger partial charge is 0.307 e. The number of hydrogen-bond acceptors (Lipinski definition) is 14. The van der Waals surface area contributed by atoms with E-state index in [2.05, 4.69) is 30.4 Å². The molecule has 8 rings (SSSR count). The molecule has 0 saturated heterocycles. The highest BCUT2D eigenvalue weighted by atomic mass is 32.2. The van der Waals surface area contributed by atoms with Gasteiger partial charge in [0.25, 0.3) is 20.0 Å². The van der Waals surface area contributed by atoms with Gasteiger partial charge in [-0.05, 0) is 131 Å². The summed E-state index contributed by atoms with van der Waals surface area (Å²) in [6.45, 7) is 7.47. The highest BCUT2D eigenvalue weighted by Gasteiger charge is 2.30. The number of carboxylic acids is 1. The quantitative estimate of drug-likeness (QED) is 0.115. The molecule has 19 nitrogen and oxygen atoms in total. The van der Waals surface area contributed by atoms with Gasteiger partial charge in [-0.3, -0.25) is 9.59 Å². The summed E-state index contributed by atoms with van der Waals surface area (Å²) in [5.41, 5.74) is 4.57. The van der Waals surface area contributed by atoms with Crippen LogP contribution in [0.3, 0.4) is 0 Å². The van der Waals surface area contributed by atoms with Crippen molar-refractivity contribution in [3.8, 4) is 34.4 Å². The first kappa shape index (κ1) is 51.6. The first-order valence-corrected chi connectivity index (χ1v) is 23.7. The number of pyridine rings is 2. The molecule has 2 fully saturated rings. The van der Waals surface area contributed by atoms with E-state index in [1.165, 1.54) is 64.6 Å². The summed E-state index contributed by atoms with van der Waals surface area (Å²) in [7, 11) is -7.90. The summed E-state index contributed by atoms with van der Waals surface area (Å²) in [5.74, 6) is -2.86. The van der Waals surface area contributed by atoms with Gasteiger partial charge in [0.05, 0.1) is 37.3 Å². The molecule has 0 aliphatic heterocycles. The number of nitriles is 2. The Labute approximate surface area is 391 Å². The minimum atomic E-state index is -4.22. The highest BCUT2D eigenvalue weighted by Crippen LogP contribution is 2.36. The van der Waals surface area contributed by atoms with Crippen LogP contribution >= 0.6 is 0 Å². The number of aliphatic carboxylic acids is 1. The van der Waals surface area contributed by atoms with Crippen LogP contribution in [0, 0.1) is 34.3 Å². The van der Waals surface area contributed by atoms with E-state index in [0.29, 0.717) is 44.5 Å². The van der Waals surface area contributed by atoms with Crippen LogP contribution in [0.15, 0.2) is 83.4 Å². The van der Waals surface area contributed by atoms with Crippen molar-refractivity contribution in [3.63, 3.8) is 0 Å². The van der Waals surface area contributed by atoms with Crippen molar-refractivity contribution >= 4 is 31.9 Å². The molecule has 1 amide bonds. The Morgan fingerprint density at radius 2 is 1.18 bits per heavy atom. The van der Waals surface area contributed by atoms with Gasteiger partial charge in [-0.15, -0.1) is 10.2 Å². The standard InChI is InChI=1S/C22H21FN6O3S.C17H15FN2O2.C5H8N4O2S.CH4/c1-13(2)18-8-15(23)9-19(14-5-6-25-16(7-14)11-24)20(18)10-21(30)28-33(31,32)22-12-26-29(27-22)17-3-4-17;1-10(2)14-6-12(18)7-15(16(14)8-17(21)22)11-3-4-20-13(5-11)9-19;6-12(10,11)5-3-7-9(8-5)4-1-2-4;/h5-9,12-13,17H,3-4,10H2,1-2H3,(H,28,30);3-7,10H,8H2,1-2H3,(H,21,22);3-4H,1-2H2,(H2,6,10,11);1H4. The van der Waals surface area contributed by atoms with E-state index in [9.17, 15) is 35.2 Å². The lowest BCUT2D eigenvalue weighted by atomic mass is 9.88. The Morgan fingerprint density at radius 3 is 1.56 bits per heavy atom. The lowest BCUT2D eigenvalue weighted by Crippen LogP contribution is -2.32. The van der Waals surface area contributed by atoms with Crippen LogP contribution in [0.1, 0.15) is 118 Å². The molecule has 2 aliphatic rings. The molecule has 2 aliphatic carbocycles. The van der Waals surface area contributed by atoms with E-state index in [-0.39, 0.29) is 65.6 Å². The number of amides is 1. The minimum Gasteiger partial charge on any atom is -0.481 e. The summed E-state index contributed by atoms with van der Waals surface area (Å²) in [6.07, 6.45) is 8.44. The van der Waals surface area contributed by atoms with Gasteiger partial charge in [0.15, 0.2) is 0 Å². The van der Waals surface area contributed by atoms with Crippen molar-refractivity contribution in [2.24, 2.45) is 5.14 Å². The molecule has 2 saturated carbocycles. The Bertz CT molecular complexity index is 3150. The van der Waals surface area contributed by atoms with Gasteiger partial charge in [-0.1, -0.05) is 35.1 Å². The number of carboxylic acid groups (broad SMARTS) is 1. The first-order valence-electron chi connectivity index (χ1n) is 20.7. The maximum absolute atomic E-state index is 14.4. The molecule has 4 N–H and O–H groups in total. The van der Waals surface area contributed by atoms with E-state index >= 15 is 0 Å². The second-order valence-electron chi connectivity index (χ2n) is 16.2. The normalized spacial score (nSPS) is 13.2. The van der Waals surface area contributed by atoms with Gasteiger partial charge in [0.1, 0.15) is 35.2 Å². The number of nitrogens with zero attached hydrogens (tertiary/aromatic N) is 10. The molecule has 4 heterocycles. The van der Waals surface area contributed by atoms with Crippen molar-refractivity contribution in [1.29, 1.82) is 10.5 Å². The van der Waals surface area contributed by atoms with Crippen LogP contribution in [0.4, 0.5) is 8.78 Å². The molecule has 0 radical (unpaired) electrons. The third kappa shape index (κ3) is 13.2. The average Bonchev–Trinajstić information content (AvgIpc) is 4.20. The number of hydrogen-bond donors (Lipinski definition) is 3. The topological polar surface area (TPSA) is 295 Å². The first-order chi connectivity index (χ1) is 31.7. The van der Waals surface area contributed by atoms with Crippen molar-refractivity contribution < 1.29 is 40.3 Å². The van der Waals surface area contributed by atoms with Crippen LogP contribution in [0.2, 0.25) is 0 Å². The second-order valence-corrected chi connectivity index (χ2v) is 19.4. The van der Waals surface area contributed by atoms with Crippen LogP contribution < -0.4 is 9.86 Å². The monoisotopic (exact) mass is 970 g/mol. The number of nitrogens with two attached hydrogens (primary N) is 1. The summed E-state index contributed by atoms with van der Waals surface area (Å²) in [6, 6.07) is 15.8. The van der Waals surface area contributed by atoms with Gasteiger partial charge < -0.3 is 5.11 Å². The SMILES string of the molecule is C.CC(C)c1cc(F)cc(-c2ccnc(C#N)c2)c1CC(=O)NS(=O)(=O)c1cnn(C2CC2)n1.CC(C)c1cc(F)cc(-c2ccnc(C#N)c2)c1CC(=O)O.NS(=O)(=O)c1cnn(C2CC2)n1. The fourth-order valence-corrected chi connectivity index (χ4v) is 8.11. The molecule has 0 atom stereocenters. The van der Waals surface area contributed by atoms with Gasteiger partial charge in [-0.25, -0.2) is 37.0 Å². The van der Waals surface area contributed by atoms with Crippen molar-refractivity contribution in [1.82, 2.24) is 44.7 Å². The number of nitrogens with one attached hydrogen (secondary N) is 1. The zero-order valence-corrected chi connectivity index (χ0v) is 38.1. The Balaban J connectivity index is 0.000000211. The van der Waals surface area contributed by atoms with Crippen molar-refractivity contribution in [3.05, 3.63) is 119 Å². The predicted octanol–water partition coefficient (Wildman–Crippen LogP) is 6.26. The Hall–Kier alpha value is -7.34. The third-order valence-electron chi connectivity index (χ3n) is 10.3. The molecule has 0 bridgehead atoms. The summed E-state index contributed by atoms with van der Waals surface area (Å²) in [4.78, 5) is 34.5. The van der Waals surface area contributed by atoms with Crippen LogP contribution in [0.25, 0.3) is 22.3 Å². The molecular formula is C45H48F2N12O7S2. The number of halogens is 2. The molecule has 23 heteroatoms. The highest BCUT2D eigenvalue weighted by molar-refractivity contribution is 7.90. The molecule has 4 aromatic heterocycles.